The van der Waals surface area contributed by atoms with Gasteiger partial charge in [-0.15, -0.1) is 0 Å². The van der Waals surface area contributed by atoms with Crippen molar-refractivity contribution < 1.29 is 14.3 Å². The minimum absolute atomic E-state index is 0.215. The first-order valence-corrected chi connectivity index (χ1v) is 5.89. The van der Waals surface area contributed by atoms with Gasteiger partial charge in [0.05, 0.1) is 19.4 Å². The Morgan fingerprint density at radius 2 is 2.00 bits per heavy atom. The summed E-state index contributed by atoms with van der Waals surface area (Å²) in [7, 11) is 1.48. The van der Waals surface area contributed by atoms with Crippen LogP contribution >= 0.6 is 0 Å². The molecule has 98 valence electrons. The molecule has 0 bridgehead atoms. The maximum atomic E-state index is 11.9. The van der Waals surface area contributed by atoms with E-state index in [1.165, 1.54) is 13.3 Å². The number of carbonyl (C=O) groups is 1. The Bertz CT molecular complexity index is 570. The molecule has 0 atom stereocenters. The van der Waals surface area contributed by atoms with Gasteiger partial charge in [0.1, 0.15) is 5.56 Å². The van der Waals surface area contributed by atoms with E-state index >= 15 is 0 Å². The van der Waals surface area contributed by atoms with Gasteiger partial charge in [-0.25, -0.2) is 9.78 Å². The summed E-state index contributed by atoms with van der Waals surface area (Å²) in [5.74, 6) is -0.441. The summed E-state index contributed by atoms with van der Waals surface area (Å²) in [6, 6.07) is 9.59. The van der Waals surface area contributed by atoms with E-state index in [9.17, 15) is 4.79 Å². The quantitative estimate of drug-likeness (QED) is 0.788. The van der Waals surface area contributed by atoms with Gasteiger partial charge in [0.15, 0.2) is 0 Å². The molecule has 5 heteroatoms. The largest absolute Gasteiger partial charge is 0.467 e. The third-order valence-corrected chi connectivity index (χ3v) is 2.49. The summed E-state index contributed by atoms with van der Waals surface area (Å²) in [5, 5.41) is 0. The number of aromatic nitrogens is 2. The topological polar surface area (TPSA) is 61.3 Å². The zero-order valence-corrected chi connectivity index (χ0v) is 10.8. The average Bonchev–Trinajstić information content (AvgIpc) is 2.47. The molecular formula is C14H14N2O3. The van der Waals surface area contributed by atoms with Gasteiger partial charge < -0.3 is 9.47 Å². The first-order valence-electron chi connectivity index (χ1n) is 5.89. The predicted octanol–water partition coefficient (Wildman–Crippen LogP) is 2.33. The molecule has 0 aliphatic rings. The van der Waals surface area contributed by atoms with Crippen molar-refractivity contribution in [1.29, 1.82) is 0 Å². The zero-order valence-electron chi connectivity index (χ0n) is 10.8. The minimum atomic E-state index is -0.441. The van der Waals surface area contributed by atoms with Crippen LogP contribution in [0.1, 0.15) is 17.3 Å². The summed E-state index contributed by atoms with van der Waals surface area (Å²) in [5.41, 5.74) is 1.64. The molecule has 0 fully saturated rings. The summed E-state index contributed by atoms with van der Waals surface area (Å²) < 4.78 is 10.0. The number of hydrogen-bond donors (Lipinski definition) is 0. The van der Waals surface area contributed by atoms with E-state index < -0.39 is 5.97 Å². The fourth-order valence-electron chi connectivity index (χ4n) is 1.64. The highest BCUT2D eigenvalue weighted by Crippen LogP contribution is 2.23. The molecule has 1 heterocycles. The van der Waals surface area contributed by atoms with E-state index in [1.54, 1.807) is 6.92 Å². The molecule has 0 saturated carbocycles. The lowest BCUT2D eigenvalue weighted by Gasteiger charge is -2.08. The molecule has 0 amide bonds. The van der Waals surface area contributed by atoms with Crippen molar-refractivity contribution in [2.24, 2.45) is 0 Å². The summed E-state index contributed by atoms with van der Waals surface area (Å²) >= 11 is 0. The van der Waals surface area contributed by atoms with E-state index in [4.69, 9.17) is 9.47 Å². The third-order valence-electron chi connectivity index (χ3n) is 2.49. The normalized spacial score (nSPS) is 10.0. The molecule has 0 radical (unpaired) electrons. The molecule has 0 unspecified atom stereocenters. The molecule has 2 aromatic rings. The first-order chi connectivity index (χ1) is 9.26. The van der Waals surface area contributed by atoms with E-state index in [0.717, 1.165) is 5.56 Å². The van der Waals surface area contributed by atoms with Crippen LogP contribution in [0.2, 0.25) is 0 Å². The van der Waals surface area contributed by atoms with E-state index in [-0.39, 0.29) is 6.01 Å². The van der Waals surface area contributed by atoms with Crippen molar-refractivity contribution in [2.75, 3.05) is 13.7 Å². The molecule has 1 aromatic heterocycles. The lowest BCUT2D eigenvalue weighted by molar-refractivity contribution is 0.0526. The van der Waals surface area contributed by atoms with Crippen molar-refractivity contribution in [3.8, 4) is 17.3 Å². The van der Waals surface area contributed by atoms with Crippen LogP contribution in [0.5, 0.6) is 6.01 Å². The second-order valence-corrected chi connectivity index (χ2v) is 3.71. The van der Waals surface area contributed by atoms with E-state index in [1.807, 2.05) is 30.3 Å². The second kappa shape index (κ2) is 5.95. The molecule has 2 rings (SSSR count). The molecule has 0 aliphatic carbocycles. The summed E-state index contributed by atoms with van der Waals surface area (Å²) in [6.45, 7) is 2.06. The maximum Gasteiger partial charge on any atom is 0.341 e. The summed E-state index contributed by atoms with van der Waals surface area (Å²) in [4.78, 5) is 20.1. The van der Waals surface area contributed by atoms with Gasteiger partial charge >= 0.3 is 12.0 Å². The van der Waals surface area contributed by atoms with Gasteiger partial charge in [0.25, 0.3) is 0 Å². The van der Waals surface area contributed by atoms with Gasteiger partial charge in [-0.3, -0.25) is 0 Å². The number of benzene rings is 1. The van der Waals surface area contributed by atoms with Crippen molar-refractivity contribution in [2.45, 2.75) is 6.92 Å². The van der Waals surface area contributed by atoms with Gasteiger partial charge in [-0.05, 0) is 6.92 Å². The van der Waals surface area contributed by atoms with Crippen LogP contribution in [0.15, 0.2) is 36.5 Å². The highest BCUT2D eigenvalue weighted by Gasteiger charge is 2.17. The predicted molar refractivity (Wildman–Crippen MR) is 70.0 cm³/mol. The van der Waals surface area contributed by atoms with Crippen LogP contribution in [0, 0.1) is 0 Å². The Kier molecular flexibility index (Phi) is 4.07. The molecule has 5 nitrogen and oxygen atoms in total. The second-order valence-electron chi connectivity index (χ2n) is 3.71. The van der Waals surface area contributed by atoms with Crippen molar-refractivity contribution >= 4 is 5.97 Å². The number of ether oxygens (including phenoxy) is 2. The SMILES string of the molecule is CCOC(=O)c1cnc(OC)nc1-c1ccccc1. The maximum absolute atomic E-state index is 11.9. The molecular weight excluding hydrogens is 244 g/mol. The number of esters is 1. The van der Waals surface area contributed by atoms with Crippen LogP contribution in [-0.4, -0.2) is 29.7 Å². The van der Waals surface area contributed by atoms with Crippen LogP contribution in [0.25, 0.3) is 11.3 Å². The molecule has 0 N–H and O–H groups in total. The van der Waals surface area contributed by atoms with Crippen LogP contribution in [-0.2, 0) is 4.74 Å². The van der Waals surface area contributed by atoms with Gasteiger partial charge in [-0.2, -0.15) is 4.98 Å². The van der Waals surface area contributed by atoms with Gasteiger partial charge in [0, 0.05) is 11.8 Å². The highest BCUT2D eigenvalue weighted by molar-refractivity contribution is 5.95. The molecule has 1 aromatic carbocycles. The zero-order chi connectivity index (χ0) is 13.7. The molecule has 0 spiro atoms. The monoisotopic (exact) mass is 258 g/mol. The standard InChI is InChI=1S/C14H14N2O3/c1-3-19-13(17)11-9-15-14(18-2)16-12(11)10-7-5-4-6-8-10/h4-9H,3H2,1-2H3. The number of nitrogens with zero attached hydrogens (tertiary/aromatic N) is 2. The lowest BCUT2D eigenvalue weighted by Crippen LogP contribution is -2.09. The fourth-order valence-corrected chi connectivity index (χ4v) is 1.64. The number of hydrogen-bond acceptors (Lipinski definition) is 5. The molecule has 0 saturated heterocycles. The number of methoxy groups -OCH3 is 1. The lowest BCUT2D eigenvalue weighted by atomic mass is 10.1. The minimum Gasteiger partial charge on any atom is -0.467 e. The highest BCUT2D eigenvalue weighted by atomic mass is 16.5. The molecule has 0 aliphatic heterocycles. The number of rotatable bonds is 4. The fraction of sp³-hybridized carbons (Fsp3) is 0.214. The Balaban J connectivity index is 2.52. The van der Waals surface area contributed by atoms with Crippen molar-refractivity contribution in [3.05, 3.63) is 42.1 Å². The molecule has 19 heavy (non-hydrogen) atoms. The van der Waals surface area contributed by atoms with Gasteiger partial charge in [0.2, 0.25) is 0 Å². The van der Waals surface area contributed by atoms with Crippen LogP contribution < -0.4 is 4.74 Å². The van der Waals surface area contributed by atoms with E-state index in [0.29, 0.717) is 17.9 Å². The van der Waals surface area contributed by atoms with Crippen molar-refractivity contribution in [3.63, 3.8) is 0 Å². The third kappa shape index (κ3) is 2.88. The Morgan fingerprint density at radius 3 is 2.63 bits per heavy atom. The van der Waals surface area contributed by atoms with Crippen LogP contribution in [0.3, 0.4) is 0 Å². The smallest absolute Gasteiger partial charge is 0.341 e. The first kappa shape index (κ1) is 13.0. The van der Waals surface area contributed by atoms with E-state index in [2.05, 4.69) is 9.97 Å². The Morgan fingerprint density at radius 1 is 1.26 bits per heavy atom. The number of carbonyl (C=O) groups excluding carboxylic acids is 1. The van der Waals surface area contributed by atoms with Gasteiger partial charge in [-0.1, -0.05) is 30.3 Å². The Labute approximate surface area is 111 Å². The average molecular weight is 258 g/mol. The van der Waals surface area contributed by atoms with Crippen molar-refractivity contribution in [1.82, 2.24) is 9.97 Å². The Hall–Kier alpha value is -2.43. The van der Waals surface area contributed by atoms with Crippen LogP contribution in [0.4, 0.5) is 0 Å². The summed E-state index contributed by atoms with van der Waals surface area (Å²) in [6.07, 6.45) is 1.42.